The molecule has 0 amide bonds. The first-order chi connectivity index (χ1) is 19.6. The van der Waals surface area contributed by atoms with Gasteiger partial charge in [0.05, 0.1) is 17.1 Å². The summed E-state index contributed by atoms with van der Waals surface area (Å²) in [6, 6.07) is 24.1. The molecule has 0 spiro atoms. The number of H-pyrrole nitrogens is 1. The number of nitrogens with zero attached hydrogens (tertiary/aromatic N) is 7. The van der Waals surface area contributed by atoms with E-state index in [9.17, 15) is 0 Å². The molecule has 8 heteroatoms. The molecule has 2 unspecified atom stereocenters. The molecule has 0 saturated carbocycles. The van der Waals surface area contributed by atoms with Crippen LogP contribution in [0, 0.1) is 13.8 Å². The molecule has 40 heavy (non-hydrogen) atoms. The predicted molar refractivity (Wildman–Crippen MR) is 156 cm³/mol. The summed E-state index contributed by atoms with van der Waals surface area (Å²) < 4.78 is 0. The van der Waals surface area contributed by atoms with Crippen LogP contribution in [-0.2, 0) is 13.0 Å². The zero-order chi connectivity index (χ0) is 27.1. The van der Waals surface area contributed by atoms with Crippen molar-refractivity contribution in [2.45, 2.75) is 45.3 Å². The summed E-state index contributed by atoms with van der Waals surface area (Å²) in [5, 5.41) is 7.35. The first-order valence-corrected chi connectivity index (χ1v) is 13.9. The molecule has 1 N–H and O–H groups in total. The Morgan fingerprint density at radius 1 is 0.825 bits per heavy atom. The molecular formula is C32H32N8. The van der Waals surface area contributed by atoms with Crippen molar-refractivity contribution in [3.8, 4) is 22.6 Å². The van der Waals surface area contributed by atoms with Crippen LogP contribution in [0.2, 0.25) is 0 Å². The molecule has 5 aromatic rings. The highest BCUT2D eigenvalue weighted by molar-refractivity contribution is 5.59. The van der Waals surface area contributed by atoms with E-state index in [4.69, 9.17) is 15.0 Å². The Morgan fingerprint density at radius 3 is 2.38 bits per heavy atom. The molecule has 0 aliphatic carbocycles. The van der Waals surface area contributed by atoms with E-state index in [1.165, 1.54) is 12.0 Å². The number of aromatic amines is 1. The molecule has 1 aromatic carbocycles. The van der Waals surface area contributed by atoms with Crippen LogP contribution < -0.4 is 4.90 Å². The maximum absolute atomic E-state index is 4.83. The monoisotopic (exact) mass is 528 g/mol. The Kier molecular flexibility index (Phi) is 6.32. The molecule has 8 rings (SSSR count). The van der Waals surface area contributed by atoms with Gasteiger partial charge in [-0.15, -0.1) is 0 Å². The van der Waals surface area contributed by atoms with Crippen LogP contribution >= 0.6 is 0 Å². The molecule has 8 nitrogen and oxygen atoms in total. The minimum atomic E-state index is 0.544. The smallest absolute Gasteiger partial charge is 0.161 e. The third-order valence-corrected chi connectivity index (χ3v) is 7.96. The van der Waals surface area contributed by atoms with Crippen molar-refractivity contribution >= 4 is 5.82 Å². The van der Waals surface area contributed by atoms with Crippen LogP contribution in [0.15, 0.2) is 79.1 Å². The number of rotatable bonds is 7. The summed E-state index contributed by atoms with van der Waals surface area (Å²) >= 11 is 0. The van der Waals surface area contributed by atoms with E-state index >= 15 is 0 Å². The second kappa shape index (κ2) is 10.3. The fraction of sp³-hybridized carbons (Fsp3) is 0.281. The zero-order valence-electron chi connectivity index (χ0n) is 22.8. The number of hydrogen-bond donors (Lipinski definition) is 1. The van der Waals surface area contributed by atoms with Crippen molar-refractivity contribution in [2.75, 3.05) is 18.0 Å². The summed E-state index contributed by atoms with van der Waals surface area (Å²) in [6.45, 7) is 6.94. The number of aromatic nitrogens is 6. The predicted octanol–water partition coefficient (Wildman–Crippen LogP) is 4.99. The lowest BCUT2D eigenvalue weighted by atomic mass is 9.87. The van der Waals surface area contributed by atoms with Gasteiger partial charge in [0.1, 0.15) is 5.82 Å². The molecule has 2 bridgehead atoms. The van der Waals surface area contributed by atoms with Gasteiger partial charge < -0.3 is 4.90 Å². The van der Waals surface area contributed by atoms with E-state index in [-0.39, 0.29) is 0 Å². The van der Waals surface area contributed by atoms with Gasteiger partial charge in [0.15, 0.2) is 5.82 Å². The molecule has 3 fully saturated rings. The number of hydrogen-bond acceptors (Lipinski definition) is 7. The van der Waals surface area contributed by atoms with Gasteiger partial charge in [-0.25, -0.2) is 15.0 Å². The lowest BCUT2D eigenvalue weighted by Gasteiger charge is -2.56. The number of piperidine rings is 1. The molecule has 200 valence electrons. The quantitative estimate of drug-likeness (QED) is 0.318. The molecule has 7 heterocycles. The van der Waals surface area contributed by atoms with E-state index < -0.39 is 0 Å². The van der Waals surface area contributed by atoms with E-state index in [2.05, 4.69) is 79.6 Å². The fourth-order valence-corrected chi connectivity index (χ4v) is 5.95. The van der Waals surface area contributed by atoms with Crippen LogP contribution in [0.4, 0.5) is 5.82 Å². The molecule has 3 aliphatic heterocycles. The third kappa shape index (κ3) is 4.98. The Labute approximate surface area is 234 Å². The summed E-state index contributed by atoms with van der Waals surface area (Å²) in [4.78, 5) is 24.1. The van der Waals surface area contributed by atoms with Crippen molar-refractivity contribution < 1.29 is 0 Å². The second-order valence-electron chi connectivity index (χ2n) is 11.0. The van der Waals surface area contributed by atoms with Gasteiger partial charge in [0.25, 0.3) is 0 Å². The number of aryl methyl sites for hydroxylation is 2. The van der Waals surface area contributed by atoms with E-state index in [1.54, 1.807) is 0 Å². The molecule has 3 aliphatic rings. The number of nitrogens with one attached hydrogen (secondary N) is 1. The van der Waals surface area contributed by atoms with E-state index in [0.29, 0.717) is 24.3 Å². The van der Waals surface area contributed by atoms with Gasteiger partial charge in [0, 0.05) is 73.0 Å². The number of anilines is 1. The van der Waals surface area contributed by atoms with Crippen LogP contribution in [0.5, 0.6) is 0 Å². The zero-order valence-corrected chi connectivity index (χ0v) is 22.8. The minimum absolute atomic E-state index is 0.544. The highest BCUT2D eigenvalue weighted by atomic mass is 15.4. The Morgan fingerprint density at radius 2 is 1.68 bits per heavy atom. The van der Waals surface area contributed by atoms with Gasteiger partial charge in [-0.2, -0.15) is 5.10 Å². The number of pyridine rings is 2. The largest absolute Gasteiger partial charge is 0.353 e. The van der Waals surface area contributed by atoms with Gasteiger partial charge in [-0.3, -0.25) is 15.0 Å². The average molecular weight is 529 g/mol. The second-order valence-corrected chi connectivity index (χ2v) is 11.0. The van der Waals surface area contributed by atoms with Crippen molar-refractivity contribution in [1.29, 1.82) is 0 Å². The minimum Gasteiger partial charge on any atom is -0.353 e. The van der Waals surface area contributed by atoms with Crippen LogP contribution in [-0.4, -0.2) is 60.2 Å². The summed E-state index contributed by atoms with van der Waals surface area (Å²) in [5.74, 6) is 1.73. The van der Waals surface area contributed by atoms with Gasteiger partial charge in [-0.05, 0) is 56.2 Å². The standard InChI is InChI=1S/C32H32N8/c1-21-12-26(14-27-13-22(2)37-38-27)36-32(35-21)25-9-11-31(34-17-25)39-19-28-15-29(20-39)40(28)18-23-8-10-30(33-16-23)24-6-4-3-5-7-24/h3-13,16-17,28-29H,14-15,18-20H2,1-2H3,(H,37,38). The number of fused-ring (bicyclic) bond motifs is 2. The Hall–Kier alpha value is -4.43. The average Bonchev–Trinajstić information content (AvgIpc) is 3.40. The molecule has 2 atom stereocenters. The van der Waals surface area contributed by atoms with Crippen molar-refractivity contribution in [1.82, 2.24) is 35.0 Å². The highest BCUT2D eigenvalue weighted by Crippen LogP contribution is 2.35. The number of piperazine rings is 1. The van der Waals surface area contributed by atoms with E-state index in [0.717, 1.165) is 65.0 Å². The highest BCUT2D eigenvalue weighted by Gasteiger charge is 2.44. The van der Waals surface area contributed by atoms with Crippen molar-refractivity contribution in [2.24, 2.45) is 0 Å². The van der Waals surface area contributed by atoms with Crippen LogP contribution in [0.1, 0.15) is 34.8 Å². The maximum atomic E-state index is 4.83. The maximum Gasteiger partial charge on any atom is 0.161 e. The summed E-state index contributed by atoms with van der Waals surface area (Å²) in [7, 11) is 0. The number of benzene rings is 1. The van der Waals surface area contributed by atoms with E-state index in [1.807, 2.05) is 38.4 Å². The van der Waals surface area contributed by atoms with Crippen LogP contribution in [0.25, 0.3) is 22.6 Å². The van der Waals surface area contributed by atoms with Crippen molar-refractivity contribution in [3.05, 3.63) is 107 Å². The van der Waals surface area contributed by atoms with Gasteiger partial charge in [-0.1, -0.05) is 36.4 Å². The van der Waals surface area contributed by atoms with Gasteiger partial charge >= 0.3 is 0 Å². The molecule has 0 radical (unpaired) electrons. The molecular weight excluding hydrogens is 496 g/mol. The van der Waals surface area contributed by atoms with Gasteiger partial charge in [0.2, 0.25) is 0 Å². The molecule has 3 saturated heterocycles. The molecule has 4 aromatic heterocycles. The summed E-state index contributed by atoms with van der Waals surface area (Å²) in [6.07, 6.45) is 5.86. The normalized spacial score (nSPS) is 18.5. The lowest BCUT2D eigenvalue weighted by molar-refractivity contribution is -0.00874. The summed E-state index contributed by atoms with van der Waals surface area (Å²) in [5.41, 5.74) is 8.31. The Bertz CT molecular complexity index is 1600. The SMILES string of the molecule is Cc1cc(Cc2cc(C)[nH]n2)nc(-c2ccc(N3CC4CC(C3)N4Cc3ccc(-c4ccccc4)nc3)nc2)n1. The van der Waals surface area contributed by atoms with Crippen LogP contribution in [0.3, 0.4) is 0 Å². The van der Waals surface area contributed by atoms with Crippen molar-refractivity contribution in [3.63, 3.8) is 0 Å². The first-order valence-electron chi connectivity index (χ1n) is 13.9. The topological polar surface area (TPSA) is 86.7 Å². The lowest BCUT2D eigenvalue weighted by Crippen LogP contribution is -2.68. The Balaban J connectivity index is 0.991. The third-order valence-electron chi connectivity index (χ3n) is 7.96. The fourth-order valence-electron chi connectivity index (χ4n) is 5.95. The first kappa shape index (κ1) is 24.6.